The van der Waals surface area contributed by atoms with Crippen LogP contribution in [0.3, 0.4) is 0 Å². The maximum atomic E-state index is 11.7. The van der Waals surface area contributed by atoms with Gasteiger partial charge in [0.25, 0.3) is 5.56 Å². The molecule has 4 heteroatoms. The standard InChI is InChI=1S/C14H17N3O/c1-9-8-15-6-5-10(9)13-16-11(14(2,3)4)7-12(18)17-13/h5-8H,1-4H3,(H,16,17,18). The third-order valence-corrected chi connectivity index (χ3v) is 2.79. The zero-order valence-corrected chi connectivity index (χ0v) is 11.1. The van der Waals surface area contributed by atoms with Gasteiger partial charge in [-0.2, -0.15) is 0 Å². The van der Waals surface area contributed by atoms with Crippen molar-refractivity contribution in [3.8, 4) is 11.4 Å². The number of hydrogen-bond acceptors (Lipinski definition) is 3. The Morgan fingerprint density at radius 1 is 1.28 bits per heavy atom. The highest BCUT2D eigenvalue weighted by Gasteiger charge is 2.17. The first-order chi connectivity index (χ1) is 8.38. The van der Waals surface area contributed by atoms with Crippen molar-refractivity contribution in [3.05, 3.63) is 46.1 Å². The van der Waals surface area contributed by atoms with Gasteiger partial charge in [0.1, 0.15) is 5.82 Å². The second kappa shape index (κ2) is 4.37. The van der Waals surface area contributed by atoms with Crippen molar-refractivity contribution in [2.75, 3.05) is 0 Å². The molecule has 1 N–H and O–H groups in total. The van der Waals surface area contributed by atoms with E-state index in [9.17, 15) is 4.79 Å². The van der Waals surface area contributed by atoms with Gasteiger partial charge in [0, 0.05) is 29.4 Å². The van der Waals surface area contributed by atoms with Crippen LogP contribution in [-0.4, -0.2) is 15.0 Å². The number of aromatic nitrogens is 3. The lowest BCUT2D eigenvalue weighted by atomic mass is 9.92. The van der Waals surface area contributed by atoms with Crippen molar-refractivity contribution >= 4 is 0 Å². The first-order valence-corrected chi connectivity index (χ1v) is 5.91. The molecule has 2 aromatic rings. The van der Waals surface area contributed by atoms with Crippen LogP contribution in [0.1, 0.15) is 32.0 Å². The quantitative estimate of drug-likeness (QED) is 0.836. The number of nitrogens with one attached hydrogen (secondary N) is 1. The summed E-state index contributed by atoms with van der Waals surface area (Å²) < 4.78 is 0. The summed E-state index contributed by atoms with van der Waals surface area (Å²) in [6.45, 7) is 8.07. The Bertz CT molecular complexity index is 623. The van der Waals surface area contributed by atoms with Crippen LogP contribution < -0.4 is 5.56 Å². The minimum absolute atomic E-state index is 0.124. The molecule has 0 saturated heterocycles. The minimum atomic E-state index is -0.149. The lowest BCUT2D eigenvalue weighted by Crippen LogP contribution is -2.20. The summed E-state index contributed by atoms with van der Waals surface area (Å²) >= 11 is 0. The number of aryl methyl sites for hydroxylation is 1. The van der Waals surface area contributed by atoms with Crippen molar-refractivity contribution < 1.29 is 0 Å². The van der Waals surface area contributed by atoms with E-state index in [0.29, 0.717) is 5.82 Å². The summed E-state index contributed by atoms with van der Waals surface area (Å²) in [5, 5.41) is 0. The second-order valence-electron chi connectivity index (χ2n) is 5.42. The van der Waals surface area contributed by atoms with Gasteiger partial charge >= 0.3 is 0 Å². The van der Waals surface area contributed by atoms with E-state index < -0.39 is 0 Å². The molecule has 0 aliphatic carbocycles. The predicted octanol–water partition coefficient (Wildman–Crippen LogP) is 2.44. The van der Waals surface area contributed by atoms with Gasteiger partial charge in [-0.15, -0.1) is 0 Å². The molecule has 2 rings (SSSR count). The van der Waals surface area contributed by atoms with E-state index in [4.69, 9.17) is 0 Å². The summed E-state index contributed by atoms with van der Waals surface area (Å²) in [5.74, 6) is 0.604. The third-order valence-electron chi connectivity index (χ3n) is 2.79. The molecule has 0 aliphatic heterocycles. The van der Waals surface area contributed by atoms with Gasteiger partial charge in [0.15, 0.2) is 0 Å². The number of hydrogen-bond donors (Lipinski definition) is 1. The number of nitrogens with zero attached hydrogens (tertiary/aromatic N) is 2. The molecule has 0 aliphatic rings. The van der Waals surface area contributed by atoms with Crippen molar-refractivity contribution in [3.63, 3.8) is 0 Å². The highest BCUT2D eigenvalue weighted by Crippen LogP contribution is 2.22. The molecule has 0 atom stereocenters. The van der Waals surface area contributed by atoms with Crippen LogP contribution in [0, 0.1) is 6.92 Å². The largest absolute Gasteiger partial charge is 0.307 e. The molecule has 0 amide bonds. The van der Waals surface area contributed by atoms with Gasteiger partial charge in [-0.3, -0.25) is 9.78 Å². The van der Waals surface area contributed by atoms with Crippen LogP contribution in [0.15, 0.2) is 29.3 Å². The minimum Gasteiger partial charge on any atom is -0.307 e. The maximum absolute atomic E-state index is 11.7. The van der Waals surface area contributed by atoms with Crippen LogP contribution >= 0.6 is 0 Å². The maximum Gasteiger partial charge on any atom is 0.251 e. The monoisotopic (exact) mass is 243 g/mol. The van der Waals surface area contributed by atoms with Crippen LogP contribution in [0.5, 0.6) is 0 Å². The van der Waals surface area contributed by atoms with Crippen molar-refractivity contribution in [2.45, 2.75) is 33.1 Å². The zero-order valence-electron chi connectivity index (χ0n) is 11.1. The molecule has 0 unspecified atom stereocenters. The average Bonchev–Trinajstić information content (AvgIpc) is 2.27. The lowest BCUT2D eigenvalue weighted by Gasteiger charge is -2.18. The van der Waals surface area contributed by atoms with Gasteiger partial charge in [0.05, 0.1) is 5.69 Å². The first-order valence-electron chi connectivity index (χ1n) is 5.91. The third kappa shape index (κ3) is 2.47. The normalized spacial score (nSPS) is 11.6. The first kappa shape index (κ1) is 12.5. The van der Waals surface area contributed by atoms with E-state index in [1.165, 1.54) is 0 Å². The lowest BCUT2D eigenvalue weighted by molar-refractivity contribution is 0.566. The van der Waals surface area contributed by atoms with Gasteiger partial charge in [-0.25, -0.2) is 4.98 Å². The smallest absolute Gasteiger partial charge is 0.251 e. The fourth-order valence-corrected chi connectivity index (χ4v) is 1.71. The van der Waals surface area contributed by atoms with Gasteiger partial charge < -0.3 is 4.98 Å². The number of pyridine rings is 1. The highest BCUT2D eigenvalue weighted by molar-refractivity contribution is 5.58. The van der Waals surface area contributed by atoms with Crippen LogP contribution in [0.2, 0.25) is 0 Å². The Hall–Kier alpha value is -1.97. The fraction of sp³-hybridized carbons (Fsp3) is 0.357. The van der Waals surface area contributed by atoms with Gasteiger partial charge in [0.2, 0.25) is 0 Å². The molecule has 4 nitrogen and oxygen atoms in total. The Kier molecular flexibility index (Phi) is 3.03. The molecule has 0 spiro atoms. The fourth-order valence-electron chi connectivity index (χ4n) is 1.71. The molecular weight excluding hydrogens is 226 g/mol. The average molecular weight is 243 g/mol. The highest BCUT2D eigenvalue weighted by atomic mass is 16.1. The van der Waals surface area contributed by atoms with E-state index in [1.54, 1.807) is 18.5 Å². The Labute approximate surface area is 106 Å². The Morgan fingerprint density at radius 3 is 2.61 bits per heavy atom. The van der Waals surface area contributed by atoms with Crippen molar-refractivity contribution in [2.24, 2.45) is 0 Å². The van der Waals surface area contributed by atoms with Crippen LogP contribution in [0.4, 0.5) is 0 Å². The molecule has 0 fully saturated rings. The Morgan fingerprint density at radius 2 is 2.00 bits per heavy atom. The topological polar surface area (TPSA) is 58.6 Å². The number of H-pyrrole nitrogens is 1. The number of rotatable bonds is 1. The molecule has 2 aromatic heterocycles. The second-order valence-corrected chi connectivity index (χ2v) is 5.42. The summed E-state index contributed by atoms with van der Waals surface area (Å²) in [5.41, 5.74) is 2.42. The molecule has 94 valence electrons. The predicted molar refractivity (Wildman–Crippen MR) is 71.5 cm³/mol. The van der Waals surface area contributed by atoms with Crippen LogP contribution in [-0.2, 0) is 5.41 Å². The SMILES string of the molecule is Cc1cnccc1-c1nc(C(C)(C)C)cc(=O)[nH]1. The molecule has 0 bridgehead atoms. The summed E-state index contributed by atoms with van der Waals surface area (Å²) in [7, 11) is 0. The molecule has 2 heterocycles. The molecule has 0 saturated carbocycles. The summed E-state index contributed by atoms with van der Waals surface area (Å²) in [6.07, 6.45) is 3.46. The van der Waals surface area contributed by atoms with Crippen molar-refractivity contribution in [1.82, 2.24) is 15.0 Å². The molecule has 0 aromatic carbocycles. The zero-order chi connectivity index (χ0) is 13.3. The van der Waals surface area contributed by atoms with E-state index in [-0.39, 0.29) is 11.0 Å². The van der Waals surface area contributed by atoms with E-state index in [1.807, 2.05) is 33.8 Å². The molecular formula is C14H17N3O. The molecule has 18 heavy (non-hydrogen) atoms. The summed E-state index contributed by atoms with van der Waals surface area (Å²) in [6, 6.07) is 3.42. The van der Waals surface area contributed by atoms with E-state index in [0.717, 1.165) is 16.8 Å². The van der Waals surface area contributed by atoms with E-state index >= 15 is 0 Å². The Balaban J connectivity index is 2.63. The number of aromatic amines is 1. The van der Waals surface area contributed by atoms with Crippen molar-refractivity contribution in [1.29, 1.82) is 0 Å². The van der Waals surface area contributed by atoms with E-state index in [2.05, 4.69) is 15.0 Å². The van der Waals surface area contributed by atoms with Gasteiger partial charge in [-0.05, 0) is 18.6 Å². The van der Waals surface area contributed by atoms with Gasteiger partial charge in [-0.1, -0.05) is 20.8 Å². The summed E-state index contributed by atoms with van der Waals surface area (Å²) in [4.78, 5) is 23.1. The van der Waals surface area contributed by atoms with Crippen LogP contribution in [0.25, 0.3) is 11.4 Å². The molecule has 0 radical (unpaired) electrons.